The molecular formula is C9H7BrN2S2. The fourth-order valence-corrected chi connectivity index (χ4v) is 2.77. The number of halogens is 1. The van der Waals surface area contributed by atoms with Gasteiger partial charge in [-0.15, -0.1) is 11.3 Å². The van der Waals surface area contributed by atoms with Gasteiger partial charge in [0.05, 0.1) is 4.88 Å². The lowest BCUT2D eigenvalue weighted by Gasteiger charge is -1.98. The predicted molar refractivity (Wildman–Crippen MR) is 65.2 cm³/mol. The monoisotopic (exact) mass is 286 g/mol. The van der Waals surface area contributed by atoms with Crippen molar-refractivity contribution in [1.82, 2.24) is 9.97 Å². The number of nitrogens with one attached hydrogen (secondary N) is 1. The van der Waals surface area contributed by atoms with Crippen molar-refractivity contribution in [3.8, 4) is 10.7 Å². The zero-order chi connectivity index (χ0) is 10.1. The molecule has 0 spiro atoms. The molecule has 0 unspecified atom stereocenters. The van der Waals surface area contributed by atoms with Gasteiger partial charge in [-0.2, -0.15) is 0 Å². The number of H-pyrrole nitrogens is 1. The minimum absolute atomic E-state index is 0.626. The first-order chi connectivity index (χ1) is 6.65. The van der Waals surface area contributed by atoms with Crippen molar-refractivity contribution < 1.29 is 0 Å². The highest BCUT2D eigenvalue weighted by molar-refractivity contribution is 9.10. The van der Waals surface area contributed by atoms with E-state index in [0.717, 1.165) is 20.9 Å². The Labute approximate surface area is 99.2 Å². The topological polar surface area (TPSA) is 28.7 Å². The van der Waals surface area contributed by atoms with E-state index in [4.69, 9.17) is 12.2 Å². The standard InChI is InChI=1S/C9H7BrN2S2/c1-5-2-8(13)12-9(11-5)7-3-6(10)4-14-7/h2-4H,1H3,(H,11,12,13). The van der Waals surface area contributed by atoms with E-state index in [-0.39, 0.29) is 0 Å². The summed E-state index contributed by atoms with van der Waals surface area (Å²) < 4.78 is 1.70. The fourth-order valence-electron chi connectivity index (χ4n) is 1.13. The van der Waals surface area contributed by atoms with Crippen molar-refractivity contribution >= 4 is 39.5 Å². The normalized spacial score (nSPS) is 10.4. The Bertz CT molecular complexity index is 516. The number of rotatable bonds is 1. The van der Waals surface area contributed by atoms with Gasteiger partial charge in [0, 0.05) is 15.5 Å². The molecule has 0 fully saturated rings. The van der Waals surface area contributed by atoms with Crippen molar-refractivity contribution in [2.75, 3.05) is 0 Å². The van der Waals surface area contributed by atoms with E-state index < -0.39 is 0 Å². The average Bonchev–Trinajstić information content (AvgIpc) is 2.50. The molecule has 0 atom stereocenters. The van der Waals surface area contributed by atoms with E-state index in [1.807, 2.05) is 24.4 Å². The molecule has 14 heavy (non-hydrogen) atoms. The van der Waals surface area contributed by atoms with Gasteiger partial charge in [-0.25, -0.2) is 4.98 Å². The molecule has 1 N–H and O–H groups in total. The van der Waals surface area contributed by atoms with Crippen LogP contribution < -0.4 is 0 Å². The molecule has 0 aliphatic heterocycles. The fraction of sp³-hybridized carbons (Fsp3) is 0.111. The van der Waals surface area contributed by atoms with Crippen LogP contribution >= 0.6 is 39.5 Å². The number of hydrogen-bond donors (Lipinski definition) is 1. The van der Waals surface area contributed by atoms with Gasteiger partial charge >= 0.3 is 0 Å². The largest absolute Gasteiger partial charge is 0.343 e. The second-order valence-electron chi connectivity index (χ2n) is 2.88. The lowest BCUT2D eigenvalue weighted by atomic mass is 10.4. The zero-order valence-electron chi connectivity index (χ0n) is 7.37. The van der Waals surface area contributed by atoms with Crippen molar-refractivity contribution in [3.63, 3.8) is 0 Å². The van der Waals surface area contributed by atoms with Gasteiger partial charge in [0.15, 0.2) is 0 Å². The first-order valence-electron chi connectivity index (χ1n) is 3.97. The number of thiophene rings is 1. The van der Waals surface area contributed by atoms with Crippen LogP contribution in [-0.2, 0) is 0 Å². The molecule has 0 aliphatic carbocycles. The first-order valence-corrected chi connectivity index (χ1v) is 6.05. The van der Waals surface area contributed by atoms with E-state index >= 15 is 0 Å². The molecule has 0 saturated heterocycles. The van der Waals surface area contributed by atoms with Gasteiger partial charge < -0.3 is 4.98 Å². The molecule has 0 radical (unpaired) electrons. The Balaban J connectivity index is 2.56. The number of aromatic nitrogens is 2. The van der Waals surface area contributed by atoms with Crippen LogP contribution in [0.2, 0.25) is 0 Å². The molecule has 2 heterocycles. The van der Waals surface area contributed by atoms with Crippen molar-refractivity contribution in [1.29, 1.82) is 0 Å². The minimum Gasteiger partial charge on any atom is -0.343 e. The Morgan fingerprint density at radius 2 is 2.29 bits per heavy atom. The number of aryl methyl sites for hydroxylation is 1. The Kier molecular flexibility index (Phi) is 2.80. The second kappa shape index (κ2) is 3.92. The smallest absolute Gasteiger partial charge is 0.149 e. The summed E-state index contributed by atoms with van der Waals surface area (Å²) in [4.78, 5) is 8.55. The molecule has 2 aromatic heterocycles. The summed E-state index contributed by atoms with van der Waals surface area (Å²) in [5, 5.41) is 2.02. The summed E-state index contributed by atoms with van der Waals surface area (Å²) in [5.74, 6) is 0.839. The molecule has 0 aliphatic rings. The van der Waals surface area contributed by atoms with Crippen molar-refractivity contribution in [3.05, 3.63) is 32.3 Å². The third-order valence-corrected chi connectivity index (χ3v) is 3.59. The van der Waals surface area contributed by atoms with Crippen LogP contribution in [0.3, 0.4) is 0 Å². The predicted octanol–water partition coefficient (Wildman–Crippen LogP) is 3.94. The SMILES string of the molecule is Cc1cc(=S)nc(-c2cc(Br)cs2)[nH]1. The lowest BCUT2D eigenvalue weighted by Crippen LogP contribution is -1.89. The summed E-state index contributed by atoms with van der Waals surface area (Å²) in [7, 11) is 0. The van der Waals surface area contributed by atoms with E-state index in [9.17, 15) is 0 Å². The molecule has 5 heteroatoms. The van der Waals surface area contributed by atoms with Crippen LogP contribution in [0.4, 0.5) is 0 Å². The molecule has 2 nitrogen and oxygen atoms in total. The molecule has 2 rings (SSSR count). The van der Waals surface area contributed by atoms with Gasteiger partial charge in [0.2, 0.25) is 0 Å². The zero-order valence-corrected chi connectivity index (χ0v) is 10.6. The molecular weight excluding hydrogens is 280 g/mol. The lowest BCUT2D eigenvalue weighted by molar-refractivity contribution is 1.10. The Morgan fingerprint density at radius 3 is 2.86 bits per heavy atom. The summed E-state index contributed by atoms with van der Waals surface area (Å²) in [5.41, 5.74) is 1.03. The summed E-state index contributed by atoms with van der Waals surface area (Å²) in [6.07, 6.45) is 0. The molecule has 0 amide bonds. The van der Waals surface area contributed by atoms with Gasteiger partial charge in [-0.1, -0.05) is 12.2 Å². The highest BCUT2D eigenvalue weighted by Gasteiger charge is 2.03. The Hall–Kier alpha value is -0.520. The van der Waals surface area contributed by atoms with Crippen LogP contribution in [-0.4, -0.2) is 9.97 Å². The van der Waals surface area contributed by atoms with Crippen molar-refractivity contribution in [2.45, 2.75) is 6.92 Å². The van der Waals surface area contributed by atoms with Gasteiger partial charge in [-0.05, 0) is 35.0 Å². The van der Waals surface area contributed by atoms with Gasteiger partial charge in [-0.3, -0.25) is 0 Å². The van der Waals surface area contributed by atoms with Gasteiger partial charge in [0.25, 0.3) is 0 Å². The van der Waals surface area contributed by atoms with E-state index in [2.05, 4.69) is 25.9 Å². The molecule has 72 valence electrons. The third-order valence-electron chi connectivity index (χ3n) is 1.68. The molecule has 0 aromatic carbocycles. The molecule has 0 saturated carbocycles. The maximum Gasteiger partial charge on any atom is 0.149 e. The Morgan fingerprint density at radius 1 is 1.50 bits per heavy atom. The highest BCUT2D eigenvalue weighted by atomic mass is 79.9. The first kappa shape index (κ1) is 10.0. The third kappa shape index (κ3) is 2.10. The maximum atomic E-state index is 5.06. The number of nitrogens with zero attached hydrogens (tertiary/aromatic N) is 1. The van der Waals surface area contributed by atoms with Crippen LogP contribution in [0, 0.1) is 11.6 Å². The van der Waals surface area contributed by atoms with Gasteiger partial charge in [0.1, 0.15) is 10.5 Å². The van der Waals surface area contributed by atoms with Crippen LogP contribution in [0.15, 0.2) is 22.0 Å². The molecule has 2 aromatic rings. The summed E-state index contributed by atoms with van der Waals surface area (Å²) >= 11 is 10.1. The maximum absolute atomic E-state index is 5.06. The highest BCUT2D eigenvalue weighted by Crippen LogP contribution is 2.27. The summed E-state index contributed by atoms with van der Waals surface area (Å²) in [6, 6.07) is 3.87. The van der Waals surface area contributed by atoms with Crippen LogP contribution in [0.5, 0.6) is 0 Å². The van der Waals surface area contributed by atoms with Crippen LogP contribution in [0.25, 0.3) is 10.7 Å². The van der Waals surface area contributed by atoms with E-state index in [0.29, 0.717) is 4.64 Å². The summed E-state index contributed by atoms with van der Waals surface area (Å²) in [6.45, 7) is 1.98. The number of aromatic amines is 1. The molecule has 0 bridgehead atoms. The quantitative estimate of drug-likeness (QED) is 0.805. The minimum atomic E-state index is 0.626. The van der Waals surface area contributed by atoms with Crippen molar-refractivity contribution in [2.24, 2.45) is 0 Å². The van der Waals surface area contributed by atoms with E-state index in [1.54, 1.807) is 11.3 Å². The van der Waals surface area contributed by atoms with E-state index in [1.165, 1.54) is 0 Å². The second-order valence-corrected chi connectivity index (χ2v) is 5.13. The van der Waals surface area contributed by atoms with Crippen LogP contribution in [0.1, 0.15) is 5.69 Å². The average molecular weight is 287 g/mol. The number of hydrogen-bond acceptors (Lipinski definition) is 3.